The zero-order valence-electron chi connectivity index (χ0n) is 15.7. The van der Waals surface area contributed by atoms with Crippen molar-refractivity contribution in [1.29, 1.82) is 0 Å². The van der Waals surface area contributed by atoms with E-state index in [0.29, 0.717) is 0 Å². The molecule has 2 rings (SSSR count). The predicted molar refractivity (Wildman–Crippen MR) is 107 cm³/mol. The molecule has 0 amide bonds. The van der Waals surface area contributed by atoms with Crippen LogP contribution in [0.15, 0.2) is 54.6 Å². The van der Waals surface area contributed by atoms with Crippen molar-refractivity contribution in [3.8, 4) is 5.75 Å². The molecular weight excluding hydrogens is 308 g/mol. The molecule has 0 heterocycles. The van der Waals surface area contributed by atoms with Crippen LogP contribution in [0.25, 0.3) is 0 Å². The topological polar surface area (TPSA) is 24.5 Å². The largest absolute Gasteiger partial charge is 0.494 e. The van der Waals surface area contributed by atoms with Gasteiger partial charge in [-0.3, -0.25) is 0 Å². The maximum Gasteiger partial charge on any atom is 0.119 e. The van der Waals surface area contributed by atoms with Gasteiger partial charge in [-0.2, -0.15) is 0 Å². The number of anilines is 1. The van der Waals surface area contributed by atoms with Crippen molar-refractivity contribution in [3.63, 3.8) is 0 Å². The normalized spacial score (nSPS) is 10.8. The van der Waals surface area contributed by atoms with Crippen LogP contribution in [-0.2, 0) is 6.54 Å². The fourth-order valence-corrected chi connectivity index (χ4v) is 2.75. The molecule has 0 aliphatic rings. The summed E-state index contributed by atoms with van der Waals surface area (Å²) >= 11 is 0. The van der Waals surface area contributed by atoms with Crippen LogP contribution in [0.3, 0.4) is 0 Å². The molecule has 25 heavy (non-hydrogen) atoms. The summed E-state index contributed by atoms with van der Waals surface area (Å²) in [5.41, 5.74) is 2.50. The molecular formula is C22H32N2O. The molecule has 2 aromatic carbocycles. The van der Waals surface area contributed by atoms with Crippen LogP contribution in [0.1, 0.15) is 38.2 Å². The third kappa shape index (κ3) is 8.08. The Kier molecular flexibility index (Phi) is 8.92. The summed E-state index contributed by atoms with van der Waals surface area (Å²) in [4.78, 5) is 2.33. The molecule has 0 atom stereocenters. The number of nitrogens with one attached hydrogen (secondary N) is 1. The van der Waals surface area contributed by atoms with E-state index < -0.39 is 0 Å². The Balaban J connectivity index is 1.62. The minimum Gasteiger partial charge on any atom is -0.494 e. The fourth-order valence-electron chi connectivity index (χ4n) is 2.75. The van der Waals surface area contributed by atoms with Crippen LogP contribution in [0.4, 0.5) is 5.69 Å². The monoisotopic (exact) mass is 340 g/mol. The van der Waals surface area contributed by atoms with Gasteiger partial charge in [-0.05, 0) is 43.3 Å². The van der Waals surface area contributed by atoms with Gasteiger partial charge in [0.2, 0.25) is 0 Å². The maximum atomic E-state index is 5.78. The predicted octanol–water partition coefficient (Wildman–Crippen LogP) is 5.19. The van der Waals surface area contributed by atoms with Crippen molar-refractivity contribution in [2.45, 2.75) is 39.2 Å². The van der Waals surface area contributed by atoms with Crippen molar-refractivity contribution in [2.24, 2.45) is 0 Å². The second kappa shape index (κ2) is 11.5. The lowest BCUT2D eigenvalue weighted by Crippen LogP contribution is -2.24. The highest BCUT2D eigenvalue weighted by Gasteiger charge is 2.00. The number of rotatable bonds is 12. The molecule has 0 bridgehead atoms. The molecule has 0 saturated heterocycles. The summed E-state index contributed by atoms with van der Waals surface area (Å²) in [5, 5.41) is 3.48. The Morgan fingerprint density at radius 3 is 2.40 bits per heavy atom. The van der Waals surface area contributed by atoms with Crippen LogP contribution in [-0.4, -0.2) is 31.6 Å². The van der Waals surface area contributed by atoms with Gasteiger partial charge in [0.1, 0.15) is 5.75 Å². The Morgan fingerprint density at radius 1 is 0.920 bits per heavy atom. The van der Waals surface area contributed by atoms with Gasteiger partial charge < -0.3 is 15.0 Å². The number of nitrogens with zero attached hydrogens (tertiary/aromatic N) is 1. The average Bonchev–Trinajstić information content (AvgIpc) is 2.63. The Bertz CT molecular complexity index is 568. The minimum absolute atomic E-state index is 0.817. The van der Waals surface area contributed by atoms with Crippen molar-refractivity contribution < 1.29 is 4.74 Å². The molecule has 2 aromatic rings. The van der Waals surface area contributed by atoms with Crippen molar-refractivity contribution in [1.82, 2.24) is 4.90 Å². The van der Waals surface area contributed by atoms with E-state index in [1.54, 1.807) is 0 Å². The molecule has 0 aliphatic carbocycles. The number of hydrogen-bond acceptors (Lipinski definition) is 3. The van der Waals surface area contributed by atoms with Crippen LogP contribution < -0.4 is 10.1 Å². The quantitative estimate of drug-likeness (QED) is 0.538. The number of ether oxygens (including phenoxy) is 1. The highest BCUT2D eigenvalue weighted by Crippen LogP contribution is 2.16. The standard InChI is InChI=1S/C22H32N2O/c1-3-4-5-9-18-25-22-14-12-21(13-15-22)23-16-17-24(2)19-20-10-7-6-8-11-20/h6-8,10-15,23H,3-5,9,16-19H2,1-2H3. The van der Waals surface area contributed by atoms with Crippen molar-refractivity contribution >= 4 is 5.69 Å². The van der Waals surface area contributed by atoms with Crippen molar-refractivity contribution in [2.75, 3.05) is 32.1 Å². The van der Waals surface area contributed by atoms with E-state index in [-0.39, 0.29) is 0 Å². The van der Waals surface area contributed by atoms with Crippen molar-refractivity contribution in [3.05, 3.63) is 60.2 Å². The van der Waals surface area contributed by atoms with Gasteiger partial charge in [0.05, 0.1) is 6.61 Å². The third-order valence-electron chi connectivity index (χ3n) is 4.24. The molecule has 0 fully saturated rings. The molecule has 0 unspecified atom stereocenters. The molecule has 0 radical (unpaired) electrons. The summed E-state index contributed by atoms with van der Waals surface area (Å²) in [6, 6.07) is 18.9. The Hall–Kier alpha value is -2.00. The second-order valence-corrected chi connectivity index (χ2v) is 6.58. The van der Waals surface area contributed by atoms with E-state index in [1.807, 2.05) is 0 Å². The van der Waals surface area contributed by atoms with Crippen LogP contribution >= 0.6 is 0 Å². The molecule has 0 aliphatic heterocycles. The average molecular weight is 341 g/mol. The summed E-state index contributed by atoms with van der Waals surface area (Å²) in [5.74, 6) is 0.961. The van der Waals surface area contributed by atoms with E-state index in [2.05, 4.69) is 78.8 Å². The lowest BCUT2D eigenvalue weighted by Gasteiger charge is -2.17. The SMILES string of the molecule is CCCCCCOc1ccc(NCCN(C)Cc2ccccc2)cc1. The Morgan fingerprint density at radius 2 is 1.68 bits per heavy atom. The number of unbranched alkanes of at least 4 members (excludes halogenated alkanes) is 3. The van der Waals surface area contributed by atoms with Crippen LogP contribution in [0, 0.1) is 0 Å². The summed E-state index contributed by atoms with van der Waals surface area (Å²) in [6.07, 6.45) is 4.96. The number of likely N-dealkylation sites (N-methyl/N-ethyl adjacent to an activating group) is 1. The molecule has 0 spiro atoms. The zero-order chi connectivity index (χ0) is 17.7. The first kappa shape index (κ1) is 19.3. The van der Waals surface area contributed by atoms with Gasteiger partial charge in [-0.25, -0.2) is 0 Å². The second-order valence-electron chi connectivity index (χ2n) is 6.58. The van der Waals surface area contributed by atoms with Gasteiger partial charge in [-0.15, -0.1) is 0 Å². The molecule has 136 valence electrons. The van der Waals surface area contributed by atoms with Gasteiger partial charge in [0.25, 0.3) is 0 Å². The van der Waals surface area contributed by atoms with E-state index in [1.165, 1.54) is 24.8 Å². The lowest BCUT2D eigenvalue weighted by atomic mass is 10.2. The summed E-state index contributed by atoms with van der Waals surface area (Å²) in [7, 11) is 2.16. The third-order valence-corrected chi connectivity index (χ3v) is 4.24. The maximum absolute atomic E-state index is 5.78. The zero-order valence-corrected chi connectivity index (χ0v) is 15.7. The van der Waals surface area contributed by atoms with E-state index in [0.717, 1.165) is 44.1 Å². The minimum atomic E-state index is 0.817. The van der Waals surface area contributed by atoms with E-state index >= 15 is 0 Å². The van der Waals surface area contributed by atoms with Crippen LogP contribution in [0.2, 0.25) is 0 Å². The van der Waals surface area contributed by atoms with E-state index in [9.17, 15) is 0 Å². The summed E-state index contributed by atoms with van der Waals surface area (Å²) in [6.45, 7) is 5.96. The first-order chi connectivity index (χ1) is 12.3. The summed E-state index contributed by atoms with van der Waals surface area (Å²) < 4.78 is 5.78. The first-order valence-electron chi connectivity index (χ1n) is 9.47. The molecule has 1 N–H and O–H groups in total. The lowest BCUT2D eigenvalue weighted by molar-refractivity contribution is 0.305. The van der Waals surface area contributed by atoms with Gasteiger partial charge in [-0.1, -0.05) is 56.5 Å². The number of benzene rings is 2. The van der Waals surface area contributed by atoms with Gasteiger partial charge in [0.15, 0.2) is 0 Å². The smallest absolute Gasteiger partial charge is 0.119 e. The highest BCUT2D eigenvalue weighted by atomic mass is 16.5. The molecule has 0 aromatic heterocycles. The van der Waals surface area contributed by atoms with E-state index in [4.69, 9.17) is 4.74 Å². The molecule has 3 heteroatoms. The molecule has 3 nitrogen and oxygen atoms in total. The fraction of sp³-hybridized carbons (Fsp3) is 0.455. The number of hydrogen-bond donors (Lipinski definition) is 1. The first-order valence-corrected chi connectivity index (χ1v) is 9.47. The highest BCUT2D eigenvalue weighted by molar-refractivity contribution is 5.46. The Labute approximate surface area is 153 Å². The van der Waals surface area contributed by atoms with Crippen LogP contribution in [0.5, 0.6) is 5.75 Å². The van der Waals surface area contributed by atoms with Gasteiger partial charge >= 0.3 is 0 Å². The van der Waals surface area contributed by atoms with Gasteiger partial charge in [0, 0.05) is 25.3 Å². The molecule has 0 saturated carbocycles.